The molecule has 0 heterocycles. The lowest BCUT2D eigenvalue weighted by molar-refractivity contribution is -0.115. The van der Waals surface area contributed by atoms with Crippen LogP contribution < -0.4 is 5.32 Å². The van der Waals surface area contributed by atoms with Crippen LogP contribution in [0.2, 0.25) is 0 Å². The van der Waals surface area contributed by atoms with Gasteiger partial charge in [-0.25, -0.2) is 17.6 Å². The molecule has 2 rings (SSSR count). The van der Waals surface area contributed by atoms with E-state index in [0.717, 1.165) is 36.0 Å². The van der Waals surface area contributed by atoms with Gasteiger partial charge in [-0.2, -0.15) is 0 Å². The number of hydrogen-bond donors (Lipinski definition) is 1. The predicted molar refractivity (Wildman–Crippen MR) is 76.7 cm³/mol. The van der Waals surface area contributed by atoms with Crippen molar-refractivity contribution in [1.29, 1.82) is 0 Å². The highest BCUT2D eigenvalue weighted by atomic mass is 32.2. The zero-order valence-corrected chi connectivity index (χ0v) is 12.2. The number of carbonyl (C=O) groups excluding carboxylic acids is 1. The van der Waals surface area contributed by atoms with E-state index in [-0.39, 0.29) is 0 Å². The van der Waals surface area contributed by atoms with Gasteiger partial charge in [0.25, 0.3) is 0 Å². The first-order valence-corrected chi connectivity index (χ1v) is 7.13. The first-order chi connectivity index (χ1) is 10.4. The van der Waals surface area contributed by atoms with Gasteiger partial charge in [0, 0.05) is 4.90 Å². The van der Waals surface area contributed by atoms with E-state index in [9.17, 15) is 22.4 Å². The molecule has 0 aliphatic carbocycles. The van der Waals surface area contributed by atoms with Gasteiger partial charge < -0.3 is 5.32 Å². The monoisotopic (exact) mass is 329 g/mol. The van der Waals surface area contributed by atoms with Gasteiger partial charge in [-0.1, -0.05) is 6.07 Å². The van der Waals surface area contributed by atoms with E-state index in [1.165, 1.54) is 19.1 Å². The molecule has 7 heteroatoms. The number of para-hydroxylation sites is 1. The van der Waals surface area contributed by atoms with Gasteiger partial charge in [0.05, 0.1) is 5.25 Å². The third-order valence-corrected chi connectivity index (χ3v) is 3.88. The van der Waals surface area contributed by atoms with Crippen molar-refractivity contribution < 1.29 is 22.4 Å². The Balaban J connectivity index is 2.07. The van der Waals surface area contributed by atoms with Crippen LogP contribution in [0.25, 0.3) is 0 Å². The smallest absolute Gasteiger partial charge is 0.237 e. The van der Waals surface area contributed by atoms with Gasteiger partial charge in [-0.15, -0.1) is 11.8 Å². The molecule has 116 valence electrons. The molecule has 0 radical (unpaired) electrons. The molecule has 0 saturated heterocycles. The fourth-order valence-corrected chi connectivity index (χ4v) is 2.54. The lowest BCUT2D eigenvalue weighted by atomic mass is 10.3. The van der Waals surface area contributed by atoms with E-state index >= 15 is 0 Å². The van der Waals surface area contributed by atoms with Gasteiger partial charge in [0.2, 0.25) is 5.91 Å². The fraction of sp³-hybridized carbons (Fsp3) is 0.133. The molecule has 0 aliphatic rings. The number of halogens is 4. The summed E-state index contributed by atoms with van der Waals surface area (Å²) in [7, 11) is 0. The third kappa shape index (κ3) is 3.79. The van der Waals surface area contributed by atoms with Crippen molar-refractivity contribution in [3.05, 3.63) is 59.7 Å². The second kappa shape index (κ2) is 6.83. The van der Waals surface area contributed by atoms with Crippen LogP contribution >= 0.6 is 11.8 Å². The highest BCUT2D eigenvalue weighted by Gasteiger charge is 2.18. The number of carbonyl (C=O) groups is 1. The standard InChI is InChI=1S/C15H11F4NOS/c1-8(22-9-5-6-10(16)13(19)7-9)15(21)20-14-11(17)3-2-4-12(14)18/h2-8H,1H3,(H,20,21). The number of nitrogens with one attached hydrogen (secondary N) is 1. The molecular weight excluding hydrogens is 318 g/mol. The molecule has 0 aromatic heterocycles. The molecular formula is C15H11F4NOS. The van der Waals surface area contributed by atoms with Crippen molar-refractivity contribution in [2.75, 3.05) is 5.32 Å². The minimum atomic E-state index is -1.03. The van der Waals surface area contributed by atoms with Gasteiger partial charge in [-0.3, -0.25) is 4.79 Å². The Labute approximate surface area is 128 Å². The SMILES string of the molecule is CC(Sc1ccc(F)c(F)c1)C(=O)Nc1c(F)cccc1F. The first-order valence-electron chi connectivity index (χ1n) is 6.25. The number of hydrogen-bond acceptors (Lipinski definition) is 2. The van der Waals surface area contributed by atoms with Crippen LogP contribution in [0.1, 0.15) is 6.92 Å². The highest BCUT2D eigenvalue weighted by molar-refractivity contribution is 8.00. The molecule has 1 amide bonds. The molecule has 0 bridgehead atoms. The quantitative estimate of drug-likeness (QED) is 0.667. The molecule has 1 N–H and O–H groups in total. The Bertz CT molecular complexity index is 688. The lowest BCUT2D eigenvalue weighted by Gasteiger charge is -2.13. The summed E-state index contributed by atoms with van der Waals surface area (Å²) < 4.78 is 52.8. The summed E-state index contributed by atoms with van der Waals surface area (Å²) in [5, 5.41) is 1.39. The van der Waals surface area contributed by atoms with Crippen molar-refractivity contribution in [2.45, 2.75) is 17.1 Å². The molecule has 0 spiro atoms. The molecule has 0 fully saturated rings. The zero-order chi connectivity index (χ0) is 16.3. The Kier molecular flexibility index (Phi) is 5.07. The van der Waals surface area contributed by atoms with Crippen LogP contribution in [-0.2, 0) is 4.79 Å². The average Bonchev–Trinajstić information content (AvgIpc) is 2.46. The largest absolute Gasteiger partial charge is 0.320 e. The molecule has 2 aromatic carbocycles. The second-order valence-corrected chi connectivity index (χ2v) is 5.84. The van der Waals surface area contributed by atoms with Crippen molar-refractivity contribution in [3.8, 4) is 0 Å². The van der Waals surface area contributed by atoms with Crippen LogP contribution in [0.5, 0.6) is 0 Å². The van der Waals surface area contributed by atoms with Crippen LogP contribution in [-0.4, -0.2) is 11.2 Å². The topological polar surface area (TPSA) is 29.1 Å². The maximum atomic E-state index is 13.4. The van der Waals surface area contributed by atoms with Crippen LogP contribution in [0.15, 0.2) is 41.3 Å². The number of benzene rings is 2. The summed E-state index contributed by atoms with van der Waals surface area (Å²) in [6.07, 6.45) is 0. The van der Waals surface area contributed by atoms with E-state index in [1.54, 1.807) is 0 Å². The fourth-order valence-electron chi connectivity index (χ4n) is 1.65. The summed E-state index contributed by atoms with van der Waals surface area (Å²) in [6.45, 7) is 1.49. The molecule has 2 nitrogen and oxygen atoms in total. The van der Waals surface area contributed by atoms with E-state index in [4.69, 9.17) is 0 Å². The summed E-state index contributed by atoms with van der Waals surface area (Å²) >= 11 is 0.942. The average molecular weight is 329 g/mol. The Morgan fingerprint density at radius 2 is 1.64 bits per heavy atom. The molecule has 1 atom stereocenters. The van der Waals surface area contributed by atoms with E-state index in [0.29, 0.717) is 4.90 Å². The minimum Gasteiger partial charge on any atom is -0.320 e. The number of thioether (sulfide) groups is 1. The summed E-state index contributed by atoms with van der Waals surface area (Å²) in [6, 6.07) is 6.43. The van der Waals surface area contributed by atoms with E-state index in [2.05, 4.69) is 5.32 Å². The maximum absolute atomic E-state index is 13.4. The minimum absolute atomic E-state index is 0.329. The van der Waals surface area contributed by atoms with Gasteiger partial charge >= 0.3 is 0 Å². The predicted octanol–water partition coefficient (Wildman–Crippen LogP) is 4.36. The van der Waals surface area contributed by atoms with Crippen molar-refractivity contribution in [1.82, 2.24) is 0 Å². The van der Waals surface area contributed by atoms with Gasteiger partial charge in [0.1, 0.15) is 17.3 Å². The first kappa shape index (κ1) is 16.4. The van der Waals surface area contributed by atoms with Gasteiger partial charge in [-0.05, 0) is 37.3 Å². The van der Waals surface area contributed by atoms with E-state index in [1.807, 2.05) is 0 Å². The number of amides is 1. The zero-order valence-electron chi connectivity index (χ0n) is 11.4. The molecule has 0 saturated carbocycles. The summed E-state index contributed by atoms with van der Waals surface area (Å²) in [5.41, 5.74) is -0.537. The van der Waals surface area contributed by atoms with Crippen LogP contribution in [0.4, 0.5) is 23.2 Å². The molecule has 22 heavy (non-hydrogen) atoms. The summed E-state index contributed by atoms with van der Waals surface area (Å²) in [5.74, 6) is -4.46. The van der Waals surface area contributed by atoms with Crippen molar-refractivity contribution in [3.63, 3.8) is 0 Å². The molecule has 2 aromatic rings. The van der Waals surface area contributed by atoms with Gasteiger partial charge in [0.15, 0.2) is 11.6 Å². The van der Waals surface area contributed by atoms with E-state index < -0.39 is 40.1 Å². The Hall–Kier alpha value is -2.02. The Morgan fingerprint density at radius 3 is 2.23 bits per heavy atom. The lowest BCUT2D eigenvalue weighted by Crippen LogP contribution is -2.23. The Morgan fingerprint density at radius 1 is 1.00 bits per heavy atom. The highest BCUT2D eigenvalue weighted by Crippen LogP contribution is 2.26. The third-order valence-electron chi connectivity index (χ3n) is 2.78. The second-order valence-electron chi connectivity index (χ2n) is 4.42. The number of anilines is 1. The summed E-state index contributed by atoms with van der Waals surface area (Å²) in [4.78, 5) is 12.3. The molecule has 1 unspecified atom stereocenters. The maximum Gasteiger partial charge on any atom is 0.237 e. The van der Waals surface area contributed by atoms with Crippen molar-refractivity contribution >= 4 is 23.4 Å². The van der Waals surface area contributed by atoms with Crippen molar-refractivity contribution in [2.24, 2.45) is 0 Å². The normalized spacial score (nSPS) is 12.0. The molecule has 0 aliphatic heterocycles. The van der Waals surface area contributed by atoms with Crippen LogP contribution in [0, 0.1) is 23.3 Å². The van der Waals surface area contributed by atoms with Crippen LogP contribution in [0.3, 0.4) is 0 Å². The number of rotatable bonds is 4.